The smallest absolute Gasteiger partial charge is 0.191 e. The molecule has 140 valence electrons. The highest BCUT2D eigenvalue weighted by Crippen LogP contribution is 2.36. The van der Waals surface area contributed by atoms with Crippen molar-refractivity contribution in [1.29, 1.82) is 0 Å². The van der Waals surface area contributed by atoms with Crippen molar-refractivity contribution in [2.24, 2.45) is 10.4 Å². The number of benzene rings is 1. The van der Waals surface area contributed by atoms with Gasteiger partial charge in [0.25, 0.3) is 0 Å². The first-order valence-electron chi connectivity index (χ1n) is 9.46. The van der Waals surface area contributed by atoms with Gasteiger partial charge in [0.1, 0.15) is 0 Å². The maximum atomic E-state index is 10.3. The molecular formula is C20H33N3O2. The third kappa shape index (κ3) is 6.67. The molecule has 5 heteroatoms. The molecule has 25 heavy (non-hydrogen) atoms. The third-order valence-corrected chi connectivity index (χ3v) is 4.87. The molecule has 1 aromatic carbocycles. The first-order valence-corrected chi connectivity index (χ1v) is 9.46. The van der Waals surface area contributed by atoms with Crippen molar-refractivity contribution >= 4 is 5.96 Å². The minimum absolute atomic E-state index is 0.107. The quantitative estimate of drug-likeness (QED) is 0.384. The summed E-state index contributed by atoms with van der Waals surface area (Å²) in [6.07, 6.45) is 3.99. The summed E-state index contributed by atoms with van der Waals surface area (Å²) in [5.41, 5.74) is 1.08. The zero-order chi connectivity index (χ0) is 18.0. The first kappa shape index (κ1) is 19.7. The van der Waals surface area contributed by atoms with Gasteiger partial charge in [-0.1, -0.05) is 50.1 Å². The second-order valence-electron chi connectivity index (χ2n) is 7.08. The van der Waals surface area contributed by atoms with E-state index in [1.165, 1.54) is 12.0 Å². The van der Waals surface area contributed by atoms with Crippen molar-refractivity contribution in [1.82, 2.24) is 10.6 Å². The van der Waals surface area contributed by atoms with Crippen LogP contribution in [0.3, 0.4) is 0 Å². The SMILES string of the molecule is CCNC(=NCC1(C)CCCCC1O)NCCOCc1ccccc1. The molecule has 0 radical (unpaired) electrons. The number of rotatable bonds is 8. The topological polar surface area (TPSA) is 65.9 Å². The lowest BCUT2D eigenvalue weighted by Gasteiger charge is -2.37. The molecule has 2 atom stereocenters. The number of aliphatic hydroxyl groups excluding tert-OH is 1. The predicted molar refractivity (Wildman–Crippen MR) is 103 cm³/mol. The fourth-order valence-corrected chi connectivity index (χ4v) is 3.17. The summed E-state index contributed by atoms with van der Waals surface area (Å²) in [7, 11) is 0. The summed E-state index contributed by atoms with van der Waals surface area (Å²) in [5, 5.41) is 16.9. The van der Waals surface area contributed by atoms with E-state index in [0.29, 0.717) is 26.3 Å². The van der Waals surface area contributed by atoms with Crippen LogP contribution in [0, 0.1) is 5.41 Å². The minimum atomic E-state index is -0.248. The average molecular weight is 348 g/mol. The lowest BCUT2D eigenvalue weighted by molar-refractivity contribution is 0.00715. The Hall–Kier alpha value is -1.59. The highest BCUT2D eigenvalue weighted by atomic mass is 16.5. The van der Waals surface area contributed by atoms with E-state index in [0.717, 1.165) is 31.8 Å². The summed E-state index contributed by atoms with van der Waals surface area (Å²) >= 11 is 0. The van der Waals surface area contributed by atoms with E-state index in [1.807, 2.05) is 18.2 Å². The lowest BCUT2D eigenvalue weighted by atomic mass is 9.73. The molecule has 1 aliphatic rings. The molecule has 2 unspecified atom stereocenters. The molecule has 1 aliphatic carbocycles. The molecule has 0 aliphatic heterocycles. The molecule has 5 nitrogen and oxygen atoms in total. The number of aliphatic hydroxyl groups is 1. The van der Waals surface area contributed by atoms with Gasteiger partial charge in [-0.2, -0.15) is 0 Å². The molecule has 1 aromatic rings. The molecule has 0 heterocycles. The van der Waals surface area contributed by atoms with Gasteiger partial charge in [-0.3, -0.25) is 4.99 Å². The number of nitrogens with one attached hydrogen (secondary N) is 2. The van der Waals surface area contributed by atoms with Crippen LogP contribution in [0.2, 0.25) is 0 Å². The molecule has 0 saturated heterocycles. The van der Waals surface area contributed by atoms with Crippen LogP contribution in [0.15, 0.2) is 35.3 Å². The Kier molecular flexibility index (Phi) is 8.22. The molecule has 0 spiro atoms. The van der Waals surface area contributed by atoms with Crippen molar-refractivity contribution in [2.75, 3.05) is 26.2 Å². The van der Waals surface area contributed by atoms with Gasteiger partial charge in [-0.25, -0.2) is 0 Å². The highest BCUT2D eigenvalue weighted by Gasteiger charge is 2.35. The van der Waals surface area contributed by atoms with E-state index >= 15 is 0 Å². The minimum Gasteiger partial charge on any atom is -0.392 e. The Balaban J connectivity index is 1.73. The standard InChI is InChI=1S/C20H33N3O2/c1-3-21-19(23-16-20(2)12-8-7-11-18(20)24)22-13-14-25-15-17-9-5-4-6-10-17/h4-6,9-10,18,24H,3,7-8,11-16H2,1-2H3,(H2,21,22,23). The third-order valence-electron chi connectivity index (χ3n) is 4.87. The van der Waals surface area contributed by atoms with E-state index in [9.17, 15) is 5.11 Å². The van der Waals surface area contributed by atoms with Crippen LogP contribution in [0.1, 0.15) is 45.1 Å². The Morgan fingerprint density at radius 3 is 2.80 bits per heavy atom. The van der Waals surface area contributed by atoms with Crippen LogP contribution in [0.25, 0.3) is 0 Å². The molecule has 0 aromatic heterocycles. The van der Waals surface area contributed by atoms with Crippen molar-refractivity contribution in [3.8, 4) is 0 Å². The number of aliphatic imine (C=N–C) groups is 1. The van der Waals surface area contributed by atoms with Crippen LogP contribution in [0.5, 0.6) is 0 Å². The summed E-state index contributed by atoms with van der Waals surface area (Å²) in [6.45, 7) is 7.62. The number of nitrogens with zero attached hydrogens (tertiary/aromatic N) is 1. The van der Waals surface area contributed by atoms with Gasteiger partial charge >= 0.3 is 0 Å². The zero-order valence-electron chi connectivity index (χ0n) is 15.6. The Morgan fingerprint density at radius 1 is 1.28 bits per heavy atom. The van der Waals surface area contributed by atoms with Crippen molar-refractivity contribution in [3.63, 3.8) is 0 Å². The van der Waals surface area contributed by atoms with Crippen LogP contribution in [0.4, 0.5) is 0 Å². The van der Waals surface area contributed by atoms with Crippen molar-refractivity contribution < 1.29 is 9.84 Å². The van der Waals surface area contributed by atoms with E-state index in [2.05, 4.69) is 36.6 Å². The van der Waals surface area contributed by atoms with Crippen LogP contribution < -0.4 is 10.6 Å². The fourth-order valence-electron chi connectivity index (χ4n) is 3.17. The van der Waals surface area contributed by atoms with Crippen LogP contribution >= 0.6 is 0 Å². The second kappa shape index (κ2) is 10.4. The van der Waals surface area contributed by atoms with Crippen LogP contribution in [-0.2, 0) is 11.3 Å². The van der Waals surface area contributed by atoms with Gasteiger partial charge in [-0.05, 0) is 25.3 Å². The fraction of sp³-hybridized carbons (Fsp3) is 0.650. The second-order valence-corrected chi connectivity index (χ2v) is 7.08. The van der Waals surface area contributed by atoms with Gasteiger partial charge in [0.05, 0.1) is 25.9 Å². The van der Waals surface area contributed by atoms with E-state index in [4.69, 9.17) is 9.73 Å². The Bertz CT molecular complexity index is 521. The molecule has 2 rings (SSSR count). The van der Waals surface area contributed by atoms with Crippen molar-refractivity contribution in [2.45, 2.75) is 52.2 Å². The Morgan fingerprint density at radius 2 is 2.08 bits per heavy atom. The Labute approximate surface area is 151 Å². The average Bonchev–Trinajstić information content (AvgIpc) is 2.63. The number of hydrogen-bond acceptors (Lipinski definition) is 3. The molecular weight excluding hydrogens is 314 g/mol. The summed E-state index contributed by atoms with van der Waals surface area (Å²) in [5.74, 6) is 0.796. The normalized spacial score (nSPS) is 24.1. The van der Waals surface area contributed by atoms with Gasteiger partial charge in [0.15, 0.2) is 5.96 Å². The molecule has 0 bridgehead atoms. The summed E-state index contributed by atoms with van der Waals surface area (Å²) < 4.78 is 5.69. The zero-order valence-corrected chi connectivity index (χ0v) is 15.6. The number of hydrogen-bond donors (Lipinski definition) is 3. The van der Waals surface area contributed by atoms with Crippen molar-refractivity contribution in [3.05, 3.63) is 35.9 Å². The lowest BCUT2D eigenvalue weighted by Crippen LogP contribution is -2.42. The van der Waals surface area contributed by atoms with Gasteiger partial charge in [0, 0.05) is 18.5 Å². The molecule has 0 amide bonds. The molecule has 3 N–H and O–H groups in total. The molecule has 1 saturated carbocycles. The van der Waals surface area contributed by atoms with Gasteiger partial charge in [0.2, 0.25) is 0 Å². The molecule has 1 fully saturated rings. The van der Waals surface area contributed by atoms with E-state index < -0.39 is 0 Å². The summed E-state index contributed by atoms with van der Waals surface area (Å²) in [4.78, 5) is 4.69. The highest BCUT2D eigenvalue weighted by molar-refractivity contribution is 5.79. The van der Waals surface area contributed by atoms with Crippen LogP contribution in [-0.4, -0.2) is 43.4 Å². The van der Waals surface area contributed by atoms with Gasteiger partial charge < -0.3 is 20.5 Å². The maximum Gasteiger partial charge on any atom is 0.191 e. The predicted octanol–water partition coefficient (Wildman–Crippen LogP) is 2.70. The maximum absolute atomic E-state index is 10.3. The largest absolute Gasteiger partial charge is 0.392 e. The summed E-state index contributed by atoms with van der Waals surface area (Å²) in [6, 6.07) is 10.2. The number of ether oxygens (including phenoxy) is 1. The number of guanidine groups is 1. The monoisotopic (exact) mass is 347 g/mol. The van der Waals surface area contributed by atoms with Gasteiger partial charge in [-0.15, -0.1) is 0 Å². The first-order chi connectivity index (χ1) is 12.1. The van der Waals surface area contributed by atoms with E-state index in [1.54, 1.807) is 0 Å². The van der Waals surface area contributed by atoms with E-state index in [-0.39, 0.29) is 11.5 Å².